The molecule has 0 fully saturated rings. The van der Waals surface area contributed by atoms with Gasteiger partial charge in [0.1, 0.15) is 12.0 Å². The molecule has 3 unspecified atom stereocenters. The van der Waals surface area contributed by atoms with E-state index >= 15 is 0 Å². The first-order chi connectivity index (χ1) is 20.3. The van der Waals surface area contributed by atoms with Crippen molar-refractivity contribution in [3.8, 4) is 33.5 Å². The van der Waals surface area contributed by atoms with Gasteiger partial charge in [-0.05, 0) is 66.4 Å². The standard InChI is InChI=1S/C32H30ClFN6O2/c1-19-4-3-5-30(29-12-20(10-11-35-29)25-14-23(34)7-9-27(25)38-32(19)42)40-18-36-28(15-31(40)41)26-13-22(33)6-8-24(26)21-16-37-39(2)17-21/h6-19,30,32,38,42H,3-5H2,1-2H3. The van der Waals surface area contributed by atoms with Crippen molar-refractivity contribution in [2.45, 2.75) is 38.5 Å². The van der Waals surface area contributed by atoms with E-state index in [4.69, 9.17) is 16.6 Å². The van der Waals surface area contributed by atoms with Crippen LogP contribution in [-0.4, -0.2) is 35.6 Å². The van der Waals surface area contributed by atoms with Crippen LogP contribution in [0.5, 0.6) is 0 Å². The highest BCUT2D eigenvalue weighted by Gasteiger charge is 2.23. The van der Waals surface area contributed by atoms with Crippen LogP contribution in [0, 0.1) is 11.7 Å². The molecule has 2 aromatic carbocycles. The number of anilines is 1. The molecule has 2 N–H and O–H groups in total. The van der Waals surface area contributed by atoms with E-state index in [1.165, 1.54) is 18.2 Å². The summed E-state index contributed by atoms with van der Waals surface area (Å²) in [6.45, 7) is 1.96. The molecule has 5 aromatic rings. The lowest BCUT2D eigenvalue weighted by Gasteiger charge is -2.26. The van der Waals surface area contributed by atoms with Crippen LogP contribution in [0.25, 0.3) is 33.5 Å². The second-order valence-corrected chi connectivity index (χ2v) is 11.2. The second kappa shape index (κ2) is 11.5. The van der Waals surface area contributed by atoms with Crippen LogP contribution in [0.1, 0.15) is 37.9 Å². The Kier molecular flexibility index (Phi) is 7.62. The molecular weight excluding hydrogens is 555 g/mol. The lowest BCUT2D eigenvalue weighted by molar-refractivity contribution is 0.136. The number of rotatable bonds is 3. The smallest absolute Gasteiger partial charge is 0.254 e. The highest BCUT2D eigenvalue weighted by Crippen LogP contribution is 2.35. The predicted molar refractivity (Wildman–Crippen MR) is 162 cm³/mol. The summed E-state index contributed by atoms with van der Waals surface area (Å²) in [6, 6.07) is 14.7. The minimum absolute atomic E-state index is 0.0831. The van der Waals surface area contributed by atoms with Crippen LogP contribution >= 0.6 is 11.6 Å². The molecule has 0 aliphatic carbocycles. The third-order valence-corrected chi connectivity index (χ3v) is 8.07. The molecule has 214 valence electrons. The topological polar surface area (TPSA) is 97.9 Å². The monoisotopic (exact) mass is 584 g/mol. The third kappa shape index (κ3) is 5.57. The summed E-state index contributed by atoms with van der Waals surface area (Å²) in [7, 11) is 1.84. The van der Waals surface area contributed by atoms with Gasteiger partial charge in [0.15, 0.2) is 0 Å². The van der Waals surface area contributed by atoms with Crippen molar-refractivity contribution in [3.05, 3.63) is 106 Å². The molecule has 3 atom stereocenters. The molecule has 3 aromatic heterocycles. The van der Waals surface area contributed by atoms with Gasteiger partial charge in [-0.3, -0.25) is 19.0 Å². The maximum Gasteiger partial charge on any atom is 0.254 e. The summed E-state index contributed by atoms with van der Waals surface area (Å²) in [5.41, 5.74) is 5.38. The van der Waals surface area contributed by atoms with Crippen LogP contribution in [0.4, 0.5) is 10.1 Å². The number of hydrogen-bond donors (Lipinski definition) is 2. The van der Waals surface area contributed by atoms with E-state index < -0.39 is 12.3 Å². The summed E-state index contributed by atoms with van der Waals surface area (Å²) >= 11 is 6.36. The fourth-order valence-corrected chi connectivity index (χ4v) is 5.71. The van der Waals surface area contributed by atoms with Crippen molar-refractivity contribution in [2.75, 3.05) is 5.32 Å². The van der Waals surface area contributed by atoms with Crippen molar-refractivity contribution in [1.29, 1.82) is 0 Å². The fraction of sp³-hybridized carbons (Fsp3) is 0.250. The largest absolute Gasteiger partial charge is 0.374 e. The molecule has 2 bridgehead atoms. The summed E-state index contributed by atoms with van der Waals surface area (Å²) in [5, 5.41) is 18.8. The minimum Gasteiger partial charge on any atom is -0.374 e. The Labute approximate surface area is 247 Å². The van der Waals surface area contributed by atoms with Crippen LogP contribution in [0.2, 0.25) is 5.02 Å². The Bertz CT molecular complexity index is 1820. The fourth-order valence-electron chi connectivity index (χ4n) is 5.53. The van der Waals surface area contributed by atoms with Gasteiger partial charge in [0.05, 0.1) is 30.0 Å². The number of aryl methyl sites for hydroxylation is 1. The Morgan fingerprint density at radius 3 is 2.64 bits per heavy atom. The van der Waals surface area contributed by atoms with Crippen molar-refractivity contribution in [3.63, 3.8) is 0 Å². The average Bonchev–Trinajstić information content (AvgIpc) is 3.41. The van der Waals surface area contributed by atoms with Gasteiger partial charge >= 0.3 is 0 Å². The molecule has 0 saturated carbocycles. The van der Waals surface area contributed by atoms with Gasteiger partial charge in [-0.2, -0.15) is 5.10 Å². The molecule has 4 heterocycles. The first-order valence-electron chi connectivity index (χ1n) is 13.8. The molecule has 1 aliphatic rings. The van der Waals surface area contributed by atoms with Gasteiger partial charge in [-0.25, -0.2) is 9.37 Å². The van der Waals surface area contributed by atoms with Crippen LogP contribution in [0.15, 0.2) is 84.3 Å². The quantitative estimate of drug-likeness (QED) is 0.258. The summed E-state index contributed by atoms with van der Waals surface area (Å²) < 4.78 is 17.7. The van der Waals surface area contributed by atoms with Gasteiger partial charge < -0.3 is 10.4 Å². The van der Waals surface area contributed by atoms with E-state index in [1.54, 1.807) is 52.2 Å². The number of fused-ring (bicyclic) bond motifs is 4. The zero-order valence-corrected chi connectivity index (χ0v) is 24.0. The number of aliphatic hydroxyl groups is 1. The van der Waals surface area contributed by atoms with Crippen molar-refractivity contribution in [2.24, 2.45) is 13.0 Å². The van der Waals surface area contributed by atoms with Crippen molar-refractivity contribution < 1.29 is 9.50 Å². The van der Waals surface area contributed by atoms with E-state index in [0.717, 1.165) is 28.7 Å². The number of halogens is 2. The zero-order valence-electron chi connectivity index (χ0n) is 23.2. The van der Waals surface area contributed by atoms with E-state index in [0.29, 0.717) is 40.5 Å². The highest BCUT2D eigenvalue weighted by atomic mass is 35.5. The first kappa shape index (κ1) is 27.8. The Hall–Kier alpha value is -4.34. The Morgan fingerprint density at radius 2 is 1.86 bits per heavy atom. The van der Waals surface area contributed by atoms with E-state index in [1.807, 2.05) is 32.3 Å². The molecule has 42 heavy (non-hydrogen) atoms. The van der Waals surface area contributed by atoms with E-state index in [-0.39, 0.29) is 17.3 Å². The Balaban J connectivity index is 1.44. The lowest BCUT2D eigenvalue weighted by atomic mass is 9.95. The molecule has 0 amide bonds. The molecular formula is C32H30ClFN6O2. The Morgan fingerprint density at radius 1 is 1.00 bits per heavy atom. The maximum atomic E-state index is 14.4. The maximum absolute atomic E-state index is 14.4. The number of nitrogens with zero attached hydrogens (tertiary/aromatic N) is 5. The zero-order chi connectivity index (χ0) is 29.4. The van der Waals surface area contributed by atoms with Crippen LogP contribution in [0.3, 0.4) is 0 Å². The SMILES string of the molecule is CC1CCCC(n2cnc(-c3cc(Cl)ccc3-c3cnn(C)c3)cc2=O)c2cc(ccn2)-c2cc(F)ccc2NC1O. The van der Waals surface area contributed by atoms with Gasteiger partial charge in [0.2, 0.25) is 0 Å². The third-order valence-electron chi connectivity index (χ3n) is 7.84. The number of aliphatic hydroxyl groups excluding tert-OH is 1. The molecule has 6 rings (SSSR count). The molecule has 0 spiro atoms. The van der Waals surface area contributed by atoms with Crippen molar-refractivity contribution in [1.82, 2.24) is 24.3 Å². The number of pyridine rings is 1. The van der Waals surface area contributed by atoms with Gasteiger partial charge in [0, 0.05) is 58.8 Å². The molecule has 8 nitrogen and oxygen atoms in total. The molecule has 10 heteroatoms. The summed E-state index contributed by atoms with van der Waals surface area (Å²) in [6.07, 6.45) is 8.11. The normalized spacial score (nSPS) is 18.8. The minimum atomic E-state index is -0.816. The van der Waals surface area contributed by atoms with Crippen molar-refractivity contribution >= 4 is 17.3 Å². The second-order valence-electron chi connectivity index (χ2n) is 10.8. The van der Waals surface area contributed by atoms with Crippen LogP contribution < -0.4 is 10.9 Å². The summed E-state index contributed by atoms with van der Waals surface area (Å²) in [4.78, 5) is 23.1. The number of hydrogen-bond acceptors (Lipinski definition) is 6. The van der Waals surface area contributed by atoms with E-state index in [2.05, 4.69) is 15.4 Å². The predicted octanol–water partition coefficient (Wildman–Crippen LogP) is 6.31. The molecule has 1 aliphatic heterocycles. The van der Waals surface area contributed by atoms with Gasteiger partial charge in [0.25, 0.3) is 5.56 Å². The number of aromatic nitrogens is 5. The summed E-state index contributed by atoms with van der Waals surface area (Å²) in [5.74, 6) is -0.469. The molecule has 0 saturated heterocycles. The van der Waals surface area contributed by atoms with Gasteiger partial charge in [-0.15, -0.1) is 0 Å². The molecule has 0 radical (unpaired) electrons. The average molecular weight is 585 g/mol. The van der Waals surface area contributed by atoms with Gasteiger partial charge in [-0.1, -0.05) is 31.0 Å². The highest BCUT2D eigenvalue weighted by molar-refractivity contribution is 6.31. The first-order valence-corrected chi connectivity index (χ1v) is 14.2. The lowest BCUT2D eigenvalue weighted by Crippen LogP contribution is -2.29. The number of benzene rings is 2. The van der Waals surface area contributed by atoms with Crippen LogP contribution in [-0.2, 0) is 7.05 Å². The number of nitrogens with one attached hydrogen (secondary N) is 1. The van der Waals surface area contributed by atoms with E-state index in [9.17, 15) is 14.3 Å².